The average molecular weight is 581 g/mol. The SMILES string of the molecule is C=C(CC1CCCCC1)Nc1cncc(/C(C)=C/C=c2/[nH]nc(-c3nc4c(-c5ccc(Cl)s5)cccc4[nH]3)c2=C)c1. The van der Waals surface area contributed by atoms with Gasteiger partial charge in [0.2, 0.25) is 0 Å². The summed E-state index contributed by atoms with van der Waals surface area (Å²) in [6, 6.07) is 12.1. The van der Waals surface area contributed by atoms with Gasteiger partial charge >= 0.3 is 0 Å². The number of para-hydroxylation sites is 1. The van der Waals surface area contributed by atoms with Crippen molar-refractivity contribution in [3.05, 3.63) is 87.6 Å². The van der Waals surface area contributed by atoms with Gasteiger partial charge in [-0.2, -0.15) is 5.10 Å². The average Bonchev–Trinajstić information content (AvgIpc) is 3.70. The molecule has 6 nitrogen and oxygen atoms in total. The fraction of sp³-hybridized carbons (Fsp3) is 0.242. The lowest BCUT2D eigenvalue weighted by Crippen LogP contribution is -2.21. The van der Waals surface area contributed by atoms with Gasteiger partial charge in [-0.15, -0.1) is 11.3 Å². The number of aromatic amines is 2. The first-order valence-electron chi connectivity index (χ1n) is 14.0. The van der Waals surface area contributed by atoms with Gasteiger partial charge < -0.3 is 10.3 Å². The first kappa shape index (κ1) is 27.2. The van der Waals surface area contributed by atoms with Gasteiger partial charge in [-0.05, 0) is 60.7 Å². The number of anilines is 1. The van der Waals surface area contributed by atoms with Crippen LogP contribution in [0.4, 0.5) is 5.69 Å². The molecule has 4 heterocycles. The minimum Gasteiger partial charge on any atom is -0.358 e. The molecule has 0 atom stereocenters. The monoisotopic (exact) mass is 580 g/mol. The van der Waals surface area contributed by atoms with Gasteiger partial charge in [0.15, 0.2) is 5.82 Å². The summed E-state index contributed by atoms with van der Waals surface area (Å²) in [5.74, 6) is 1.42. The van der Waals surface area contributed by atoms with Gasteiger partial charge in [0, 0.05) is 27.6 Å². The Morgan fingerprint density at radius 3 is 2.83 bits per heavy atom. The van der Waals surface area contributed by atoms with E-state index in [0.717, 1.165) is 71.2 Å². The molecule has 41 heavy (non-hydrogen) atoms. The number of pyridine rings is 1. The molecule has 1 aliphatic carbocycles. The molecule has 0 radical (unpaired) electrons. The van der Waals surface area contributed by atoms with E-state index in [1.165, 1.54) is 43.4 Å². The normalized spacial score (nSPS) is 15.1. The minimum absolute atomic E-state index is 0.674. The zero-order chi connectivity index (χ0) is 28.3. The van der Waals surface area contributed by atoms with Crippen LogP contribution in [0.1, 0.15) is 51.0 Å². The van der Waals surface area contributed by atoms with Crippen molar-refractivity contribution in [2.24, 2.45) is 5.92 Å². The molecule has 0 bridgehead atoms. The summed E-state index contributed by atoms with van der Waals surface area (Å²) in [6.07, 6.45) is 15.5. The number of H-pyrrole nitrogens is 2. The largest absolute Gasteiger partial charge is 0.358 e. The number of thiophene rings is 1. The maximum atomic E-state index is 6.19. The molecule has 1 saturated carbocycles. The number of benzene rings is 1. The predicted octanol–water partition coefficient (Wildman–Crippen LogP) is 7.92. The summed E-state index contributed by atoms with van der Waals surface area (Å²) in [6.45, 7) is 10.6. The highest BCUT2D eigenvalue weighted by atomic mass is 35.5. The number of nitrogens with zero attached hydrogens (tertiary/aromatic N) is 3. The van der Waals surface area contributed by atoms with Gasteiger partial charge in [-0.1, -0.05) is 75.1 Å². The third-order valence-corrected chi connectivity index (χ3v) is 9.01. The topological polar surface area (TPSA) is 82.3 Å². The van der Waals surface area contributed by atoms with E-state index in [1.807, 2.05) is 42.7 Å². The van der Waals surface area contributed by atoms with Gasteiger partial charge in [0.25, 0.3) is 0 Å². The maximum Gasteiger partial charge on any atom is 0.159 e. The molecule has 4 aromatic heterocycles. The third-order valence-electron chi connectivity index (χ3n) is 7.75. The summed E-state index contributed by atoms with van der Waals surface area (Å²) >= 11 is 7.73. The van der Waals surface area contributed by atoms with Crippen molar-refractivity contribution in [1.82, 2.24) is 25.1 Å². The standard InChI is InChI=1S/C33H33ClN6S/c1-20(24-17-25(19-35-18-24)36-21(2)16-23-8-5-4-6-9-23)12-13-27-22(3)31(40-39-27)33-37-28-11-7-10-26(32(28)38-33)29-14-15-30(34)41-29/h7,10-15,17-19,23,36,39H,2-6,8-9,16H2,1H3,(H,37,38)/b20-12+,27-13+. The van der Waals surface area contributed by atoms with E-state index in [4.69, 9.17) is 16.6 Å². The van der Waals surface area contributed by atoms with Crippen molar-refractivity contribution < 1.29 is 0 Å². The number of aromatic nitrogens is 5. The van der Waals surface area contributed by atoms with Gasteiger partial charge in [-0.25, -0.2) is 4.98 Å². The van der Waals surface area contributed by atoms with E-state index in [-0.39, 0.29) is 0 Å². The summed E-state index contributed by atoms with van der Waals surface area (Å²) < 4.78 is 0.752. The van der Waals surface area contributed by atoms with Gasteiger partial charge in [0.1, 0.15) is 5.69 Å². The number of hydrogen-bond donors (Lipinski definition) is 3. The minimum atomic E-state index is 0.674. The number of imidazole rings is 1. The molecule has 208 valence electrons. The van der Waals surface area contributed by atoms with Crippen molar-refractivity contribution >= 4 is 57.9 Å². The Labute approximate surface area is 248 Å². The Bertz CT molecular complexity index is 1850. The Kier molecular flexibility index (Phi) is 7.90. The van der Waals surface area contributed by atoms with Crippen LogP contribution in [0.15, 0.2) is 67.1 Å². The van der Waals surface area contributed by atoms with Crippen molar-refractivity contribution in [2.45, 2.75) is 45.4 Å². The molecule has 6 rings (SSSR count). The molecule has 8 heteroatoms. The van der Waals surface area contributed by atoms with E-state index in [2.05, 4.69) is 63.8 Å². The van der Waals surface area contributed by atoms with Crippen LogP contribution in [0.5, 0.6) is 0 Å². The second kappa shape index (κ2) is 11.9. The number of nitrogens with one attached hydrogen (secondary N) is 3. The highest BCUT2D eigenvalue weighted by molar-refractivity contribution is 7.19. The molecule has 3 N–H and O–H groups in total. The Morgan fingerprint density at radius 2 is 2.02 bits per heavy atom. The van der Waals surface area contributed by atoms with E-state index in [1.54, 1.807) is 0 Å². The second-order valence-corrected chi connectivity index (χ2v) is 12.5. The van der Waals surface area contributed by atoms with Crippen molar-refractivity contribution in [3.63, 3.8) is 0 Å². The molecule has 0 aliphatic heterocycles. The summed E-state index contributed by atoms with van der Waals surface area (Å²) in [4.78, 5) is 13.8. The fourth-order valence-electron chi connectivity index (χ4n) is 5.54. The van der Waals surface area contributed by atoms with E-state index in [0.29, 0.717) is 11.5 Å². The molecule has 0 unspecified atom stereocenters. The van der Waals surface area contributed by atoms with Crippen molar-refractivity contribution in [1.29, 1.82) is 0 Å². The van der Waals surface area contributed by atoms with Gasteiger partial charge in [-0.3, -0.25) is 10.1 Å². The molecule has 1 fully saturated rings. The van der Waals surface area contributed by atoms with Crippen LogP contribution >= 0.6 is 22.9 Å². The zero-order valence-electron chi connectivity index (χ0n) is 23.1. The fourth-order valence-corrected chi connectivity index (χ4v) is 6.61. The van der Waals surface area contributed by atoms with Crippen LogP contribution in [0.25, 0.3) is 51.2 Å². The maximum absolute atomic E-state index is 6.19. The first-order valence-corrected chi connectivity index (χ1v) is 15.2. The summed E-state index contributed by atoms with van der Waals surface area (Å²) in [5, 5.41) is 12.7. The van der Waals surface area contributed by atoms with Crippen LogP contribution in [0.3, 0.4) is 0 Å². The van der Waals surface area contributed by atoms with Crippen LogP contribution in [0, 0.1) is 5.92 Å². The quantitative estimate of drug-likeness (QED) is 0.174. The lowest BCUT2D eigenvalue weighted by Gasteiger charge is -2.22. The van der Waals surface area contributed by atoms with Crippen LogP contribution in [-0.4, -0.2) is 25.1 Å². The van der Waals surface area contributed by atoms with E-state index in [9.17, 15) is 0 Å². The number of allylic oxidation sites excluding steroid dienone is 3. The molecule has 5 aromatic rings. The van der Waals surface area contributed by atoms with Crippen LogP contribution in [-0.2, 0) is 0 Å². The number of rotatable bonds is 8. The molecule has 1 aliphatic rings. The van der Waals surface area contributed by atoms with E-state index < -0.39 is 0 Å². The molecular weight excluding hydrogens is 548 g/mol. The zero-order valence-corrected chi connectivity index (χ0v) is 24.7. The highest BCUT2D eigenvalue weighted by Crippen LogP contribution is 2.35. The highest BCUT2D eigenvalue weighted by Gasteiger charge is 2.15. The lowest BCUT2D eigenvalue weighted by molar-refractivity contribution is 0.357. The van der Waals surface area contributed by atoms with Crippen LogP contribution in [0.2, 0.25) is 4.34 Å². The summed E-state index contributed by atoms with van der Waals surface area (Å²) in [7, 11) is 0. The van der Waals surface area contributed by atoms with E-state index >= 15 is 0 Å². The Morgan fingerprint density at radius 1 is 1.17 bits per heavy atom. The molecular formula is C33H33ClN6S. The molecule has 0 saturated heterocycles. The molecule has 1 aromatic carbocycles. The first-order chi connectivity index (χ1) is 19.9. The number of hydrogen-bond acceptors (Lipinski definition) is 5. The Hall–Kier alpha value is -3.94. The second-order valence-electron chi connectivity index (χ2n) is 10.8. The van der Waals surface area contributed by atoms with Gasteiger partial charge in [0.05, 0.1) is 32.6 Å². The van der Waals surface area contributed by atoms with Crippen LogP contribution < -0.4 is 15.9 Å². The van der Waals surface area contributed by atoms with Crippen molar-refractivity contribution in [2.75, 3.05) is 5.32 Å². The summed E-state index contributed by atoms with van der Waals surface area (Å²) in [5.41, 5.74) is 7.70. The number of fused-ring (bicyclic) bond motifs is 1. The number of halogens is 1. The smallest absolute Gasteiger partial charge is 0.159 e. The third kappa shape index (κ3) is 6.06. The lowest BCUT2D eigenvalue weighted by atomic mass is 9.86. The molecule has 0 spiro atoms. The molecule has 0 amide bonds. The van der Waals surface area contributed by atoms with Crippen molar-refractivity contribution in [3.8, 4) is 22.0 Å². The predicted molar refractivity (Wildman–Crippen MR) is 173 cm³/mol. The Balaban J connectivity index is 1.21.